The van der Waals surface area contributed by atoms with Crippen molar-refractivity contribution in [2.75, 3.05) is 4.90 Å². The zero-order valence-corrected chi connectivity index (χ0v) is 25.9. The third-order valence-electron chi connectivity index (χ3n) is 9.03. The van der Waals surface area contributed by atoms with Crippen LogP contribution in [0, 0.1) is 0 Å². The van der Waals surface area contributed by atoms with E-state index in [1.54, 1.807) is 36.4 Å². The molecule has 0 fully saturated rings. The maximum absolute atomic E-state index is 9.55. The first-order valence-corrected chi connectivity index (χ1v) is 16.0. The summed E-state index contributed by atoms with van der Waals surface area (Å²) in [6, 6.07) is 35.4. The van der Waals surface area contributed by atoms with Crippen LogP contribution in [-0.2, 0) is 0 Å². The first kappa shape index (κ1) is 20.6. The molecule has 0 saturated carbocycles. The molecule has 0 bridgehead atoms. The van der Waals surface area contributed by atoms with Crippen LogP contribution in [0.25, 0.3) is 76.9 Å². The number of hydrogen-bond acceptors (Lipinski definition) is 3. The van der Waals surface area contributed by atoms with Gasteiger partial charge in [0.15, 0.2) is 0 Å². The lowest BCUT2D eigenvalue weighted by atomic mass is 10.0. The SMILES string of the molecule is [2H]c1c([2H])c(N(c2c([2H])c([2H])c(-c3cccc4c3oc3ccccc34)c([2H])c2[2H])c2cccc3ccccc23)c([2H])c([2H])c1-c1cccc2c1oc1ccccc12. The Labute approximate surface area is 294 Å². The first-order valence-electron chi connectivity index (χ1n) is 20.0. The fourth-order valence-electron chi connectivity index (χ4n) is 6.75. The fraction of sp³-hybridized carbons (Fsp3) is 0. The van der Waals surface area contributed by atoms with Crippen LogP contribution < -0.4 is 4.90 Å². The Morgan fingerprint density at radius 1 is 0.388 bits per heavy atom. The average Bonchev–Trinajstić information content (AvgIpc) is 3.81. The molecule has 0 aliphatic rings. The lowest BCUT2D eigenvalue weighted by Crippen LogP contribution is -2.10. The summed E-state index contributed by atoms with van der Waals surface area (Å²) in [4.78, 5) is 1.35. The molecule has 0 saturated heterocycles. The van der Waals surface area contributed by atoms with Crippen LogP contribution in [0.3, 0.4) is 0 Å². The van der Waals surface area contributed by atoms with Crippen molar-refractivity contribution >= 4 is 71.7 Å². The van der Waals surface area contributed by atoms with Gasteiger partial charge in [0.2, 0.25) is 0 Å². The number of hydrogen-bond donors (Lipinski definition) is 0. The molecule has 0 N–H and O–H groups in total. The van der Waals surface area contributed by atoms with E-state index in [2.05, 4.69) is 0 Å². The predicted octanol–water partition coefficient (Wildman–Crippen LogP) is 13.4. The summed E-state index contributed by atoms with van der Waals surface area (Å²) in [5.41, 5.74) is 2.83. The smallest absolute Gasteiger partial charge is 0.143 e. The second-order valence-electron chi connectivity index (χ2n) is 11.8. The summed E-state index contributed by atoms with van der Waals surface area (Å²) >= 11 is 0. The molecule has 230 valence electrons. The van der Waals surface area contributed by atoms with Crippen molar-refractivity contribution in [3.05, 3.63) is 176 Å². The van der Waals surface area contributed by atoms with Crippen LogP contribution in [-0.4, -0.2) is 0 Å². The Hall–Kier alpha value is -6.58. The minimum atomic E-state index is -0.431. The van der Waals surface area contributed by atoms with Crippen LogP contribution in [0.15, 0.2) is 185 Å². The standard InChI is InChI=1S/C46H29NO2/c1-2-12-35-30(10-1)11-7-19-42(35)47(33-26-22-31(23-27-33)36-15-8-17-40-38-13-3-5-20-43(38)48-45(36)40)34-28-24-32(25-29-34)37-16-9-18-41-39-14-4-6-21-44(39)49-46(37)41/h1-29H/i22D,23D,24D,25D,26D,27D,28D,29D. The summed E-state index contributed by atoms with van der Waals surface area (Å²) in [5, 5.41) is 4.67. The van der Waals surface area contributed by atoms with Crippen molar-refractivity contribution in [2.45, 2.75) is 0 Å². The zero-order valence-electron chi connectivity index (χ0n) is 33.9. The van der Waals surface area contributed by atoms with Gasteiger partial charge in [-0.15, -0.1) is 0 Å². The van der Waals surface area contributed by atoms with Gasteiger partial charge in [-0.2, -0.15) is 0 Å². The highest BCUT2D eigenvalue weighted by atomic mass is 16.3. The van der Waals surface area contributed by atoms with Crippen LogP contribution in [0.2, 0.25) is 0 Å². The molecule has 3 nitrogen and oxygen atoms in total. The van der Waals surface area contributed by atoms with Crippen molar-refractivity contribution in [3.8, 4) is 22.3 Å². The third-order valence-corrected chi connectivity index (χ3v) is 9.03. The highest BCUT2D eigenvalue weighted by molar-refractivity contribution is 6.11. The van der Waals surface area contributed by atoms with E-state index in [9.17, 15) is 11.0 Å². The Kier molecular flexibility index (Phi) is 4.63. The number of para-hydroxylation sites is 4. The fourth-order valence-corrected chi connectivity index (χ4v) is 6.75. The van der Waals surface area contributed by atoms with Crippen LogP contribution in [0.5, 0.6) is 0 Å². The van der Waals surface area contributed by atoms with Gasteiger partial charge in [0, 0.05) is 49.4 Å². The second kappa shape index (κ2) is 11.0. The molecule has 0 spiro atoms. The van der Waals surface area contributed by atoms with Crippen molar-refractivity contribution in [2.24, 2.45) is 0 Å². The van der Waals surface area contributed by atoms with Crippen molar-refractivity contribution in [1.82, 2.24) is 0 Å². The number of benzene rings is 8. The molecule has 0 unspecified atom stereocenters. The Bertz CT molecular complexity index is 3070. The van der Waals surface area contributed by atoms with Crippen molar-refractivity contribution < 1.29 is 19.8 Å². The number of rotatable bonds is 5. The summed E-state index contributed by atoms with van der Waals surface area (Å²) < 4.78 is 88.4. The van der Waals surface area contributed by atoms with Crippen LogP contribution in [0.4, 0.5) is 17.1 Å². The van der Waals surface area contributed by atoms with Gasteiger partial charge in [0.25, 0.3) is 0 Å². The molecule has 0 aliphatic carbocycles. The van der Waals surface area contributed by atoms with Gasteiger partial charge < -0.3 is 13.7 Å². The Morgan fingerprint density at radius 2 is 0.816 bits per heavy atom. The summed E-state index contributed by atoms with van der Waals surface area (Å²) in [6.07, 6.45) is 0. The van der Waals surface area contributed by atoms with Crippen molar-refractivity contribution in [1.29, 1.82) is 0 Å². The molecule has 49 heavy (non-hydrogen) atoms. The van der Waals surface area contributed by atoms with E-state index in [0.717, 1.165) is 26.9 Å². The van der Waals surface area contributed by atoms with Crippen LogP contribution >= 0.6 is 0 Å². The summed E-state index contributed by atoms with van der Waals surface area (Å²) in [7, 11) is 0. The van der Waals surface area contributed by atoms with E-state index in [1.807, 2.05) is 91.0 Å². The topological polar surface area (TPSA) is 29.5 Å². The van der Waals surface area contributed by atoms with Gasteiger partial charge in [-0.1, -0.05) is 133 Å². The van der Waals surface area contributed by atoms with Crippen molar-refractivity contribution in [3.63, 3.8) is 0 Å². The first-order chi connectivity index (χ1) is 27.7. The zero-order chi connectivity index (χ0) is 39.3. The third kappa shape index (κ3) is 4.44. The minimum absolute atomic E-state index is 0.0325. The average molecular weight is 636 g/mol. The second-order valence-corrected chi connectivity index (χ2v) is 11.8. The highest BCUT2D eigenvalue weighted by Gasteiger charge is 2.18. The molecule has 10 aromatic rings. The van der Waals surface area contributed by atoms with E-state index < -0.39 is 24.2 Å². The van der Waals surface area contributed by atoms with Gasteiger partial charge in [0.05, 0.1) is 16.7 Å². The normalized spacial score (nSPS) is 14.0. The molecular formula is C46H29NO2. The number of nitrogens with zero attached hydrogens (tertiary/aromatic N) is 1. The highest BCUT2D eigenvalue weighted by Crippen LogP contribution is 2.42. The van der Waals surface area contributed by atoms with Gasteiger partial charge >= 0.3 is 0 Å². The molecule has 0 amide bonds. The molecule has 0 atom stereocenters. The molecule has 2 aromatic heterocycles. The largest absolute Gasteiger partial charge is 0.455 e. The van der Waals surface area contributed by atoms with E-state index in [1.165, 1.54) is 4.90 Å². The quantitative estimate of drug-likeness (QED) is 0.188. The lowest BCUT2D eigenvalue weighted by molar-refractivity contribution is 0.669. The minimum Gasteiger partial charge on any atom is -0.455 e. The van der Waals surface area contributed by atoms with Gasteiger partial charge in [-0.3, -0.25) is 0 Å². The molecular weight excluding hydrogens is 599 g/mol. The maximum Gasteiger partial charge on any atom is 0.143 e. The monoisotopic (exact) mass is 635 g/mol. The number of furan rings is 2. The molecule has 8 aromatic carbocycles. The van der Waals surface area contributed by atoms with Gasteiger partial charge in [-0.25, -0.2) is 0 Å². The summed E-state index contributed by atoms with van der Waals surface area (Å²) in [6.45, 7) is 0. The number of fused-ring (bicyclic) bond motifs is 7. The van der Waals surface area contributed by atoms with E-state index >= 15 is 0 Å². The molecule has 3 heteroatoms. The molecule has 0 radical (unpaired) electrons. The Morgan fingerprint density at radius 3 is 1.37 bits per heavy atom. The van der Waals surface area contributed by atoms with Gasteiger partial charge in [0.1, 0.15) is 22.3 Å². The Balaban J connectivity index is 1.26. The van der Waals surface area contributed by atoms with E-state index in [4.69, 9.17) is 8.83 Å². The van der Waals surface area contributed by atoms with Crippen LogP contribution in [0.1, 0.15) is 11.0 Å². The lowest BCUT2D eigenvalue weighted by Gasteiger charge is -2.27. The van der Waals surface area contributed by atoms with E-state index in [0.29, 0.717) is 44.5 Å². The summed E-state index contributed by atoms with van der Waals surface area (Å²) in [5.74, 6) is 0. The molecule has 10 rings (SSSR count). The van der Waals surface area contributed by atoms with E-state index in [-0.39, 0.29) is 46.7 Å². The molecule has 2 heterocycles. The predicted molar refractivity (Wildman–Crippen MR) is 204 cm³/mol. The van der Waals surface area contributed by atoms with Gasteiger partial charge in [-0.05, 0) is 58.9 Å². The maximum atomic E-state index is 9.55. The number of anilines is 3. The molecule has 0 aliphatic heterocycles.